The number of hydrogen-bond acceptors (Lipinski definition) is 2. The van der Waals surface area contributed by atoms with Gasteiger partial charge in [0, 0.05) is 0 Å². The summed E-state index contributed by atoms with van der Waals surface area (Å²) in [6.45, 7) is -5.11. The molecule has 1 N–H and O–H groups in total. The average molecular weight is 225 g/mol. The minimum Gasteiger partial charge on any atom is -0.507 e. The zero-order valence-electron chi connectivity index (χ0n) is 7.34. The van der Waals surface area contributed by atoms with E-state index in [0.29, 0.717) is 6.07 Å². The van der Waals surface area contributed by atoms with E-state index in [1.807, 2.05) is 0 Å². The second kappa shape index (κ2) is 5.19. The summed E-state index contributed by atoms with van der Waals surface area (Å²) in [7, 11) is 0. The van der Waals surface area contributed by atoms with Gasteiger partial charge in [0.15, 0.2) is 0 Å². The summed E-state index contributed by atoms with van der Waals surface area (Å²) in [6, 6.07) is 3.84. The molecule has 0 aliphatic carbocycles. The molecule has 7 heteroatoms. The van der Waals surface area contributed by atoms with Gasteiger partial charge in [-0.25, -0.2) is 0 Å². The van der Waals surface area contributed by atoms with Crippen molar-refractivity contribution in [2.45, 2.75) is 0 Å². The number of halogens is 3. The van der Waals surface area contributed by atoms with Crippen molar-refractivity contribution < 1.29 is 69.4 Å². The second-order valence-electron chi connectivity index (χ2n) is 2.46. The van der Waals surface area contributed by atoms with Crippen molar-refractivity contribution in [2.75, 3.05) is 0 Å². The molecular formula is C7H4BF3KNO. The molecule has 0 radical (unpaired) electrons. The molecule has 2 nitrogen and oxygen atoms in total. The van der Waals surface area contributed by atoms with Crippen molar-refractivity contribution in [1.82, 2.24) is 0 Å². The summed E-state index contributed by atoms with van der Waals surface area (Å²) >= 11 is 0. The van der Waals surface area contributed by atoms with Gasteiger partial charge in [0.25, 0.3) is 0 Å². The fraction of sp³-hybridized carbons (Fsp3) is 0. The maximum absolute atomic E-state index is 12.1. The van der Waals surface area contributed by atoms with E-state index in [1.165, 1.54) is 0 Å². The summed E-state index contributed by atoms with van der Waals surface area (Å²) in [5.41, 5.74) is -1.07. The van der Waals surface area contributed by atoms with Crippen LogP contribution in [-0.2, 0) is 0 Å². The van der Waals surface area contributed by atoms with Crippen molar-refractivity contribution in [1.29, 1.82) is 5.26 Å². The van der Waals surface area contributed by atoms with Gasteiger partial charge < -0.3 is 18.1 Å². The number of hydrogen-bond donors (Lipinski definition) is 1. The van der Waals surface area contributed by atoms with Gasteiger partial charge in [-0.15, -0.1) is 5.46 Å². The molecule has 1 aromatic carbocycles. The van der Waals surface area contributed by atoms with Crippen LogP contribution in [0, 0.1) is 11.3 Å². The van der Waals surface area contributed by atoms with Gasteiger partial charge in [0.1, 0.15) is 11.8 Å². The largest absolute Gasteiger partial charge is 1.00 e. The van der Waals surface area contributed by atoms with Crippen LogP contribution in [0.15, 0.2) is 18.2 Å². The van der Waals surface area contributed by atoms with Crippen LogP contribution in [0.3, 0.4) is 0 Å². The molecule has 0 aliphatic heterocycles. The van der Waals surface area contributed by atoms with Gasteiger partial charge >= 0.3 is 58.4 Å². The molecule has 0 saturated heterocycles. The Morgan fingerprint density at radius 1 is 1.29 bits per heavy atom. The molecule has 0 aliphatic rings. The normalized spacial score (nSPS) is 10.1. The van der Waals surface area contributed by atoms with Crippen molar-refractivity contribution in [3.8, 4) is 11.8 Å². The number of nitriles is 1. The van der Waals surface area contributed by atoms with Crippen molar-refractivity contribution in [3.63, 3.8) is 0 Å². The summed E-state index contributed by atoms with van der Waals surface area (Å²) in [6.07, 6.45) is 0. The predicted molar refractivity (Wildman–Crippen MR) is 41.5 cm³/mol. The monoisotopic (exact) mass is 225 g/mol. The summed E-state index contributed by atoms with van der Waals surface area (Å²) < 4.78 is 36.2. The van der Waals surface area contributed by atoms with E-state index < -0.39 is 18.2 Å². The van der Waals surface area contributed by atoms with Crippen molar-refractivity contribution >= 4 is 12.4 Å². The minimum atomic E-state index is -5.11. The first-order valence-electron chi connectivity index (χ1n) is 3.38. The minimum absolute atomic E-state index is 0. The second-order valence-corrected chi connectivity index (χ2v) is 2.46. The van der Waals surface area contributed by atoms with E-state index in [2.05, 4.69) is 0 Å². The molecule has 0 aromatic heterocycles. The molecule has 0 atom stereocenters. The van der Waals surface area contributed by atoms with Gasteiger partial charge in [-0.1, -0.05) is 6.07 Å². The molecule has 0 unspecified atom stereocenters. The third-order valence-electron chi connectivity index (χ3n) is 1.52. The van der Waals surface area contributed by atoms with Crippen LogP contribution in [0.4, 0.5) is 12.9 Å². The first-order chi connectivity index (χ1) is 5.95. The smallest absolute Gasteiger partial charge is 0.507 e. The topological polar surface area (TPSA) is 44.0 Å². The van der Waals surface area contributed by atoms with Gasteiger partial charge in [-0.2, -0.15) is 5.26 Å². The van der Waals surface area contributed by atoms with Crippen LogP contribution in [0.1, 0.15) is 5.56 Å². The zero-order valence-corrected chi connectivity index (χ0v) is 10.5. The molecule has 0 spiro atoms. The number of phenols is 1. The summed E-state index contributed by atoms with van der Waals surface area (Å²) in [5, 5.41) is 17.3. The summed E-state index contributed by atoms with van der Waals surface area (Å²) in [4.78, 5) is 0. The third kappa shape index (κ3) is 3.29. The molecule has 14 heavy (non-hydrogen) atoms. The Balaban J connectivity index is 0.00000169. The SMILES string of the molecule is N#Cc1ccc([B-](F)(F)F)cc1O.[K+]. The van der Waals surface area contributed by atoms with Crippen molar-refractivity contribution in [3.05, 3.63) is 23.8 Å². The third-order valence-corrected chi connectivity index (χ3v) is 1.52. The van der Waals surface area contributed by atoms with Gasteiger partial charge in [-0.05, 0) is 12.1 Å². The van der Waals surface area contributed by atoms with Gasteiger partial charge in [-0.3, -0.25) is 0 Å². The van der Waals surface area contributed by atoms with Crippen LogP contribution in [-0.4, -0.2) is 12.1 Å². The molecule has 0 amide bonds. The van der Waals surface area contributed by atoms with Crippen LogP contribution in [0.25, 0.3) is 0 Å². The molecule has 0 saturated carbocycles. The average Bonchev–Trinajstić information content (AvgIpc) is 2.02. The maximum Gasteiger partial charge on any atom is 1.00 e. The van der Waals surface area contributed by atoms with Crippen LogP contribution < -0.4 is 56.8 Å². The van der Waals surface area contributed by atoms with E-state index in [4.69, 9.17) is 10.4 Å². The molecular weight excluding hydrogens is 221 g/mol. The Morgan fingerprint density at radius 2 is 1.86 bits per heavy atom. The van der Waals surface area contributed by atoms with E-state index >= 15 is 0 Å². The van der Waals surface area contributed by atoms with Crippen LogP contribution >= 0.6 is 0 Å². The Hall–Kier alpha value is 0.00130. The Morgan fingerprint density at radius 3 is 2.21 bits per heavy atom. The van der Waals surface area contributed by atoms with E-state index in [9.17, 15) is 12.9 Å². The van der Waals surface area contributed by atoms with Gasteiger partial charge in [0.2, 0.25) is 0 Å². The van der Waals surface area contributed by atoms with E-state index in [-0.39, 0.29) is 56.9 Å². The molecule has 0 heterocycles. The molecule has 68 valence electrons. The number of aromatic hydroxyl groups is 1. The molecule has 1 aromatic rings. The first kappa shape index (κ1) is 14.0. The number of rotatable bonds is 1. The fourth-order valence-corrected chi connectivity index (χ4v) is 0.847. The standard InChI is InChI=1S/C7H4BF3NO.K/c9-8(10,11)6-2-1-5(4-12)7(13)3-6;/h1-3,13H;/q-1;+1. The Bertz CT molecular complexity index is 374. The predicted octanol–water partition coefficient (Wildman–Crippen LogP) is -1.68. The van der Waals surface area contributed by atoms with Crippen molar-refractivity contribution in [2.24, 2.45) is 0 Å². The number of benzene rings is 1. The Kier molecular flexibility index (Phi) is 5.19. The number of phenolic OH excluding ortho intramolecular Hbond substituents is 1. The van der Waals surface area contributed by atoms with Crippen LogP contribution in [0.2, 0.25) is 0 Å². The van der Waals surface area contributed by atoms with Gasteiger partial charge in [0.05, 0.1) is 5.56 Å². The Labute approximate surface area is 121 Å². The molecule has 0 bridgehead atoms. The quantitative estimate of drug-likeness (QED) is 0.580. The summed E-state index contributed by atoms with van der Waals surface area (Å²) in [5.74, 6) is -0.640. The maximum atomic E-state index is 12.1. The van der Waals surface area contributed by atoms with E-state index in [0.717, 1.165) is 12.1 Å². The van der Waals surface area contributed by atoms with Crippen LogP contribution in [0.5, 0.6) is 5.75 Å². The van der Waals surface area contributed by atoms with E-state index in [1.54, 1.807) is 6.07 Å². The fourth-order valence-electron chi connectivity index (χ4n) is 0.847. The molecule has 1 rings (SSSR count). The zero-order chi connectivity index (χ0) is 10.1. The first-order valence-corrected chi connectivity index (χ1v) is 3.38. The number of nitrogens with zero attached hydrogens (tertiary/aromatic N) is 1. The molecule has 0 fully saturated rings.